The first-order valence-corrected chi connectivity index (χ1v) is 10.5. The summed E-state index contributed by atoms with van der Waals surface area (Å²) in [6.07, 6.45) is 0. The molecule has 0 fully saturated rings. The second-order valence-corrected chi connectivity index (χ2v) is 8.53. The van der Waals surface area contributed by atoms with Gasteiger partial charge in [-0.25, -0.2) is 4.98 Å². The molecule has 4 rings (SSSR count). The van der Waals surface area contributed by atoms with Crippen molar-refractivity contribution in [2.24, 2.45) is 0 Å². The Labute approximate surface area is 173 Å². The predicted octanol–water partition coefficient (Wildman–Crippen LogP) is 6.69. The number of fused-ring (bicyclic) bond motifs is 3. The molecule has 4 aromatic rings. The normalized spacial score (nSPS) is 11.3. The van der Waals surface area contributed by atoms with E-state index >= 15 is 0 Å². The third kappa shape index (κ3) is 3.17. The summed E-state index contributed by atoms with van der Waals surface area (Å²) in [5.74, 6) is -0.00531. The minimum absolute atomic E-state index is 0.00531. The molecule has 0 N–H and O–H groups in total. The van der Waals surface area contributed by atoms with Gasteiger partial charge in [0.1, 0.15) is 5.15 Å². The maximum absolute atomic E-state index is 13.4. The SMILES string of the molecule is CCN(C(=O)c1cc2c(Cl)nc3ccc(C)cc3c2s1)c1cc(C)ccc1C. The van der Waals surface area contributed by atoms with E-state index < -0.39 is 0 Å². The van der Waals surface area contributed by atoms with E-state index in [1.165, 1.54) is 11.3 Å². The fraction of sp³-hybridized carbons (Fsp3) is 0.217. The molecule has 3 nitrogen and oxygen atoms in total. The number of amides is 1. The van der Waals surface area contributed by atoms with E-state index in [0.717, 1.165) is 43.4 Å². The topological polar surface area (TPSA) is 33.2 Å². The van der Waals surface area contributed by atoms with Crippen molar-refractivity contribution in [3.8, 4) is 0 Å². The highest BCUT2D eigenvalue weighted by atomic mass is 35.5. The highest BCUT2D eigenvalue weighted by Crippen LogP contribution is 2.37. The smallest absolute Gasteiger partial charge is 0.268 e. The maximum Gasteiger partial charge on any atom is 0.268 e. The summed E-state index contributed by atoms with van der Waals surface area (Å²) in [6.45, 7) is 8.73. The number of hydrogen-bond acceptors (Lipinski definition) is 3. The summed E-state index contributed by atoms with van der Waals surface area (Å²) < 4.78 is 1.01. The van der Waals surface area contributed by atoms with Gasteiger partial charge in [0, 0.05) is 27.7 Å². The molecule has 0 saturated carbocycles. The number of carbonyl (C=O) groups excluding carboxylic acids is 1. The van der Waals surface area contributed by atoms with Crippen LogP contribution < -0.4 is 4.90 Å². The Balaban J connectivity index is 1.87. The highest BCUT2D eigenvalue weighted by Gasteiger charge is 2.22. The number of rotatable bonds is 3. The lowest BCUT2D eigenvalue weighted by molar-refractivity contribution is 0.0992. The summed E-state index contributed by atoms with van der Waals surface area (Å²) in [6, 6.07) is 14.2. The van der Waals surface area contributed by atoms with Gasteiger partial charge in [-0.15, -0.1) is 11.3 Å². The fourth-order valence-corrected chi connectivity index (χ4v) is 4.94. The molecule has 2 heterocycles. The molecule has 0 unspecified atom stereocenters. The minimum atomic E-state index is -0.00531. The molecule has 0 aliphatic carbocycles. The van der Waals surface area contributed by atoms with Crippen LogP contribution in [0.15, 0.2) is 42.5 Å². The van der Waals surface area contributed by atoms with Gasteiger partial charge in [-0.2, -0.15) is 0 Å². The molecule has 0 spiro atoms. The minimum Gasteiger partial charge on any atom is -0.308 e. The lowest BCUT2D eigenvalue weighted by atomic mass is 10.1. The van der Waals surface area contributed by atoms with Gasteiger partial charge < -0.3 is 4.90 Å². The van der Waals surface area contributed by atoms with Crippen molar-refractivity contribution in [2.45, 2.75) is 27.7 Å². The van der Waals surface area contributed by atoms with Crippen LogP contribution in [0.25, 0.3) is 21.0 Å². The predicted molar refractivity (Wildman–Crippen MR) is 120 cm³/mol. The molecule has 0 aliphatic heterocycles. The zero-order valence-electron chi connectivity index (χ0n) is 16.3. The van der Waals surface area contributed by atoms with Crippen LogP contribution >= 0.6 is 22.9 Å². The van der Waals surface area contributed by atoms with Crippen molar-refractivity contribution < 1.29 is 4.79 Å². The molecular formula is C23H21ClN2OS. The highest BCUT2D eigenvalue weighted by molar-refractivity contribution is 7.22. The van der Waals surface area contributed by atoms with Crippen LogP contribution in [-0.2, 0) is 0 Å². The number of aryl methyl sites for hydroxylation is 3. The Hall–Kier alpha value is -2.43. The molecule has 0 bridgehead atoms. The van der Waals surface area contributed by atoms with Crippen LogP contribution in [0.3, 0.4) is 0 Å². The number of thiophene rings is 1. The van der Waals surface area contributed by atoms with E-state index in [0.29, 0.717) is 16.6 Å². The second kappa shape index (κ2) is 7.19. The fourth-order valence-electron chi connectivity index (χ4n) is 3.51. The van der Waals surface area contributed by atoms with Gasteiger partial charge in [-0.05, 0) is 63.1 Å². The van der Waals surface area contributed by atoms with E-state index in [4.69, 9.17) is 11.6 Å². The molecule has 2 aromatic heterocycles. The van der Waals surface area contributed by atoms with E-state index in [1.54, 1.807) is 0 Å². The van der Waals surface area contributed by atoms with Crippen LogP contribution in [0.5, 0.6) is 0 Å². The van der Waals surface area contributed by atoms with Gasteiger partial charge in [-0.3, -0.25) is 4.79 Å². The van der Waals surface area contributed by atoms with Crippen molar-refractivity contribution in [3.05, 3.63) is 69.2 Å². The van der Waals surface area contributed by atoms with E-state index in [1.807, 2.05) is 43.9 Å². The quantitative estimate of drug-likeness (QED) is 0.353. The van der Waals surface area contributed by atoms with Gasteiger partial charge in [-0.1, -0.05) is 35.4 Å². The summed E-state index contributed by atoms with van der Waals surface area (Å²) in [4.78, 5) is 20.4. The molecule has 0 atom stereocenters. The molecular weight excluding hydrogens is 388 g/mol. The zero-order valence-corrected chi connectivity index (χ0v) is 17.9. The Bertz CT molecular complexity index is 1230. The molecule has 28 heavy (non-hydrogen) atoms. The van der Waals surface area contributed by atoms with Gasteiger partial charge in [0.15, 0.2) is 0 Å². The van der Waals surface area contributed by atoms with Crippen molar-refractivity contribution in [2.75, 3.05) is 11.4 Å². The molecule has 0 radical (unpaired) electrons. The molecule has 0 aliphatic rings. The van der Waals surface area contributed by atoms with E-state index in [9.17, 15) is 4.79 Å². The Morgan fingerprint density at radius 1 is 1.04 bits per heavy atom. The van der Waals surface area contributed by atoms with Gasteiger partial charge in [0.25, 0.3) is 5.91 Å². The average Bonchev–Trinajstić information content (AvgIpc) is 3.12. The van der Waals surface area contributed by atoms with Crippen LogP contribution in [0.2, 0.25) is 5.15 Å². The number of carbonyl (C=O) groups is 1. The third-order valence-electron chi connectivity index (χ3n) is 5.00. The summed E-state index contributed by atoms with van der Waals surface area (Å²) in [7, 11) is 0. The van der Waals surface area contributed by atoms with Gasteiger partial charge in [0.05, 0.1) is 10.4 Å². The Kier molecular flexibility index (Phi) is 4.86. The van der Waals surface area contributed by atoms with Gasteiger partial charge >= 0.3 is 0 Å². The second-order valence-electron chi connectivity index (χ2n) is 7.12. The number of aromatic nitrogens is 1. The van der Waals surface area contributed by atoms with Crippen molar-refractivity contribution in [1.82, 2.24) is 4.98 Å². The summed E-state index contributed by atoms with van der Waals surface area (Å²) in [5, 5.41) is 2.32. The monoisotopic (exact) mass is 408 g/mol. The number of pyridine rings is 1. The first-order chi connectivity index (χ1) is 13.4. The van der Waals surface area contributed by atoms with E-state index in [-0.39, 0.29) is 5.91 Å². The van der Waals surface area contributed by atoms with Crippen molar-refractivity contribution >= 4 is 55.5 Å². The number of nitrogens with zero attached hydrogens (tertiary/aromatic N) is 2. The average molecular weight is 409 g/mol. The molecule has 142 valence electrons. The zero-order chi connectivity index (χ0) is 20.0. The molecule has 5 heteroatoms. The summed E-state index contributed by atoms with van der Waals surface area (Å²) >= 11 is 7.93. The molecule has 1 amide bonds. The van der Waals surface area contributed by atoms with Crippen LogP contribution in [0.4, 0.5) is 5.69 Å². The van der Waals surface area contributed by atoms with Crippen molar-refractivity contribution in [3.63, 3.8) is 0 Å². The molecule has 2 aromatic carbocycles. The van der Waals surface area contributed by atoms with E-state index in [2.05, 4.69) is 36.2 Å². The van der Waals surface area contributed by atoms with Gasteiger partial charge in [0.2, 0.25) is 0 Å². The van der Waals surface area contributed by atoms with Crippen LogP contribution in [0.1, 0.15) is 33.3 Å². The first-order valence-electron chi connectivity index (χ1n) is 9.27. The summed E-state index contributed by atoms with van der Waals surface area (Å²) in [5.41, 5.74) is 5.19. The molecule has 0 saturated heterocycles. The van der Waals surface area contributed by atoms with Crippen LogP contribution in [-0.4, -0.2) is 17.4 Å². The number of anilines is 1. The van der Waals surface area contributed by atoms with Crippen molar-refractivity contribution in [1.29, 1.82) is 0 Å². The number of hydrogen-bond donors (Lipinski definition) is 0. The standard InChI is InChI=1S/C23H21ClN2OS/c1-5-26(19-11-14(3)6-8-15(19)4)23(27)20-12-17-21(28-20)16-10-13(2)7-9-18(16)25-22(17)24/h6-12H,5H2,1-4H3. The van der Waals surface area contributed by atoms with Crippen LogP contribution in [0, 0.1) is 20.8 Å². The lowest BCUT2D eigenvalue weighted by Gasteiger charge is -2.22. The Morgan fingerprint density at radius 3 is 2.50 bits per heavy atom. The lowest BCUT2D eigenvalue weighted by Crippen LogP contribution is -2.30. The largest absolute Gasteiger partial charge is 0.308 e. The number of benzene rings is 2. The Morgan fingerprint density at radius 2 is 1.75 bits per heavy atom. The number of halogens is 1. The maximum atomic E-state index is 13.4. The third-order valence-corrected chi connectivity index (χ3v) is 6.44. The first kappa shape index (κ1) is 18.9.